The van der Waals surface area contributed by atoms with E-state index in [9.17, 15) is 13.7 Å². The molecule has 29 heavy (non-hydrogen) atoms. The maximum atomic E-state index is 11.8. The molecular formula is C21H25N3O4S. The Kier molecular flexibility index (Phi) is 6.30. The van der Waals surface area contributed by atoms with E-state index in [1.807, 2.05) is 30.3 Å². The highest BCUT2D eigenvalue weighted by molar-refractivity contribution is 7.92. The number of benzene rings is 2. The van der Waals surface area contributed by atoms with E-state index < -0.39 is 10.0 Å². The van der Waals surface area contributed by atoms with Crippen LogP contribution in [0.1, 0.15) is 30.0 Å². The third-order valence-electron chi connectivity index (χ3n) is 5.11. The second kappa shape index (κ2) is 8.72. The lowest BCUT2D eigenvalue weighted by Crippen LogP contribution is -2.30. The SMILES string of the molecule is CCS(=O)(=O)Nc1ccc(C2C(C#N)c3ccc(OC)cc3N2CCOC)cc1. The molecular weight excluding hydrogens is 390 g/mol. The number of rotatable bonds is 8. The fourth-order valence-electron chi connectivity index (χ4n) is 3.62. The first-order valence-corrected chi connectivity index (χ1v) is 11.0. The molecule has 2 aromatic rings. The van der Waals surface area contributed by atoms with E-state index in [-0.39, 0.29) is 17.7 Å². The maximum Gasteiger partial charge on any atom is 0.232 e. The minimum absolute atomic E-state index is 0.00974. The van der Waals surface area contributed by atoms with Crippen LogP contribution in [0.5, 0.6) is 5.75 Å². The molecule has 2 atom stereocenters. The first-order chi connectivity index (χ1) is 13.9. The van der Waals surface area contributed by atoms with Gasteiger partial charge in [-0.2, -0.15) is 5.26 Å². The van der Waals surface area contributed by atoms with Gasteiger partial charge < -0.3 is 14.4 Å². The van der Waals surface area contributed by atoms with E-state index in [1.54, 1.807) is 33.3 Å². The number of fused-ring (bicyclic) bond motifs is 1. The topological polar surface area (TPSA) is 91.7 Å². The molecule has 0 spiro atoms. The Morgan fingerprint density at radius 2 is 1.90 bits per heavy atom. The van der Waals surface area contributed by atoms with Crippen molar-refractivity contribution in [2.24, 2.45) is 0 Å². The van der Waals surface area contributed by atoms with Gasteiger partial charge in [-0.15, -0.1) is 0 Å². The number of hydrogen-bond donors (Lipinski definition) is 1. The van der Waals surface area contributed by atoms with Crippen LogP contribution in [0.2, 0.25) is 0 Å². The number of hydrogen-bond acceptors (Lipinski definition) is 6. The van der Waals surface area contributed by atoms with Gasteiger partial charge in [0.25, 0.3) is 0 Å². The standard InChI is InChI=1S/C21H25N3O4S/c1-4-29(25,26)23-16-7-5-15(6-8-16)21-19(14-22)18-10-9-17(28-3)13-20(18)24(21)11-12-27-2/h5-10,13,19,21,23H,4,11-12H2,1-3H3. The minimum atomic E-state index is -3.34. The van der Waals surface area contributed by atoms with E-state index in [1.165, 1.54) is 0 Å². The summed E-state index contributed by atoms with van der Waals surface area (Å²) < 4.78 is 36.8. The Morgan fingerprint density at radius 3 is 2.48 bits per heavy atom. The minimum Gasteiger partial charge on any atom is -0.497 e. The zero-order chi connectivity index (χ0) is 21.0. The predicted octanol–water partition coefficient (Wildman–Crippen LogP) is 3.27. The summed E-state index contributed by atoms with van der Waals surface area (Å²) in [6, 6.07) is 15.2. The van der Waals surface area contributed by atoms with Crippen LogP contribution < -0.4 is 14.4 Å². The summed E-state index contributed by atoms with van der Waals surface area (Å²) in [4.78, 5) is 2.15. The second-order valence-electron chi connectivity index (χ2n) is 6.79. The van der Waals surface area contributed by atoms with Crippen molar-refractivity contribution < 1.29 is 17.9 Å². The Labute approximate surface area is 171 Å². The summed E-state index contributed by atoms with van der Waals surface area (Å²) in [5.74, 6) is 0.384. The van der Waals surface area contributed by atoms with Crippen LogP contribution in [0.25, 0.3) is 0 Å². The van der Waals surface area contributed by atoms with Crippen LogP contribution in [0.15, 0.2) is 42.5 Å². The Balaban J connectivity index is 1.98. The molecule has 7 nitrogen and oxygen atoms in total. The molecule has 8 heteroatoms. The fraction of sp³-hybridized carbons (Fsp3) is 0.381. The lowest BCUT2D eigenvalue weighted by molar-refractivity contribution is 0.203. The van der Waals surface area contributed by atoms with E-state index >= 15 is 0 Å². The molecule has 0 saturated carbocycles. The molecule has 0 amide bonds. The number of ether oxygens (including phenoxy) is 2. The summed E-state index contributed by atoms with van der Waals surface area (Å²) in [6.07, 6.45) is 0. The van der Waals surface area contributed by atoms with Gasteiger partial charge in [0.05, 0.1) is 37.5 Å². The van der Waals surface area contributed by atoms with Gasteiger partial charge in [-0.1, -0.05) is 18.2 Å². The molecule has 3 rings (SSSR count). The largest absolute Gasteiger partial charge is 0.497 e. The van der Waals surface area contributed by atoms with Gasteiger partial charge >= 0.3 is 0 Å². The molecule has 1 aliphatic rings. The third kappa shape index (κ3) is 4.31. The zero-order valence-electron chi connectivity index (χ0n) is 16.8. The molecule has 0 aliphatic carbocycles. The van der Waals surface area contributed by atoms with Crippen molar-refractivity contribution in [2.45, 2.75) is 18.9 Å². The van der Waals surface area contributed by atoms with Gasteiger partial charge in [0.1, 0.15) is 5.75 Å². The fourth-order valence-corrected chi connectivity index (χ4v) is 4.26. The molecule has 0 bridgehead atoms. The molecule has 2 unspecified atom stereocenters. The number of anilines is 2. The molecule has 0 radical (unpaired) electrons. The van der Waals surface area contributed by atoms with Crippen LogP contribution in [-0.4, -0.2) is 41.5 Å². The normalized spacial score (nSPS) is 18.2. The van der Waals surface area contributed by atoms with Crippen molar-refractivity contribution >= 4 is 21.4 Å². The van der Waals surface area contributed by atoms with Crippen LogP contribution in [-0.2, 0) is 14.8 Å². The predicted molar refractivity (Wildman–Crippen MR) is 113 cm³/mol. The van der Waals surface area contributed by atoms with Gasteiger partial charge in [-0.3, -0.25) is 4.72 Å². The molecule has 0 fully saturated rings. The average molecular weight is 416 g/mol. The molecule has 1 N–H and O–H groups in total. The summed E-state index contributed by atoms with van der Waals surface area (Å²) >= 11 is 0. The van der Waals surface area contributed by atoms with Crippen LogP contribution in [0.4, 0.5) is 11.4 Å². The van der Waals surface area contributed by atoms with Crippen LogP contribution in [0, 0.1) is 11.3 Å². The van der Waals surface area contributed by atoms with E-state index in [0.29, 0.717) is 18.8 Å². The number of nitrogens with zero attached hydrogens (tertiary/aromatic N) is 2. The lowest BCUT2D eigenvalue weighted by Gasteiger charge is -2.29. The molecule has 1 heterocycles. The molecule has 0 saturated heterocycles. The highest BCUT2D eigenvalue weighted by atomic mass is 32.2. The lowest BCUT2D eigenvalue weighted by atomic mass is 9.91. The van der Waals surface area contributed by atoms with Gasteiger partial charge in [0.15, 0.2) is 0 Å². The molecule has 154 valence electrons. The van der Waals surface area contributed by atoms with Crippen LogP contribution >= 0.6 is 0 Å². The van der Waals surface area contributed by atoms with Gasteiger partial charge in [0, 0.05) is 31.1 Å². The van der Waals surface area contributed by atoms with E-state index in [4.69, 9.17) is 9.47 Å². The van der Waals surface area contributed by atoms with Crippen molar-refractivity contribution in [2.75, 3.05) is 42.7 Å². The van der Waals surface area contributed by atoms with E-state index in [0.717, 1.165) is 22.6 Å². The van der Waals surface area contributed by atoms with Crippen LogP contribution in [0.3, 0.4) is 0 Å². The highest BCUT2D eigenvalue weighted by Crippen LogP contribution is 2.49. The van der Waals surface area contributed by atoms with Gasteiger partial charge in [-0.25, -0.2) is 8.42 Å². The molecule has 0 aromatic heterocycles. The monoisotopic (exact) mass is 415 g/mol. The van der Waals surface area contributed by atoms with Crippen molar-refractivity contribution in [3.8, 4) is 11.8 Å². The van der Waals surface area contributed by atoms with Gasteiger partial charge in [0.2, 0.25) is 10.0 Å². The first kappa shape index (κ1) is 21.0. The summed E-state index contributed by atoms with van der Waals surface area (Å²) in [6.45, 7) is 2.72. The summed E-state index contributed by atoms with van der Waals surface area (Å²) in [5, 5.41) is 9.92. The smallest absolute Gasteiger partial charge is 0.232 e. The van der Waals surface area contributed by atoms with Crippen molar-refractivity contribution in [3.05, 3.63) is 53.6 Å². The highest BCUT2D eigenvalue weighted by Gasteiger charge is 2.39. The van der Waals surface area contributed by atoms with Crippen molar-refractivity contribution in [3.63, 3.8) is 0 Å². The van der Waals surface area contributed by atoms with Crippen molar-refractivity contribution in [1.82, 2.24) is 0 Å². The second-order valence-corrected chi connectivity index (χ2v) is 8.80. The Morgan fingerprint density at radius 1 is 1.17 bits per heavy atom. The molecule has 2 aromatic carbocycles. The van der Waals surface area contributed by atoms with Gasteiger partial charge in [-0.05, 0) is 36.2 Å². The first-order valence-electron chi connectivity index (χ1n) is 9.37. The zero-order valence-corrected chi connectivity index (χ0v) is 17.6. The summed E-state index contributed by atoms with van der Waals surface area (Å²) in [5.41, 5.74) is 3.34. The Hall–Kier alpha value is -2.76. The number of methoxy groups -OCH3 is 2. The Bertz CT molecular complexity index is 1000. The molecule has 1 aliphatic heterocycles. The summed E-state index contributed by atoms with van der Waals surface area (Å²) in [7, 11) is -0.0738. The third-order valence-corrected chi connectivity index (χ3v) is 6.42. The average Bonchev–Trinajstić information content (AvgIpc) is 3.05. The number of nitrogens with one attached hydrogen (secondary N) is 1. The number of sulfonamides is 1. The quantitative estimate of drug-likeness (QED) is 0.711. The van der Waals surface area contributed by atoms with E-state index in [2.05, 4.69) is 15.7 Å². The van der Waals surface area contributed by atoms with Crippen molar-refractivity contribution in [1.29, 1.82) is 5.26 Å². The maximum absolute atomic E-state index is 11.8. The number of nitriles is 1.